The lowest BCUT2D eigenvalue weighted by Gasteiger charge is -2.11. The van der Waals surface area contributed by atoms with E-state index in [9.17, 15) is 24.1 Å². The SMILES string of the molecule is CCOC(=O)N/C(=C(/C(=O)OCC)[N+](=O)[O-])c1ccc(F)cc1. The minimum atomic E-state index is -1.23. The Morgan fingerprint density at radius 1 is 1.17 bits per heavy atom. The Morgan fingerprint density at radius 3 is 2.22 bits per heavy atom. The Bertz CT molecular complexity index is 627. The number of esters is 1. The fraction of sp³-hybridized carbons (Fsp3) is 0.286. The average Bonchev–Trinajstić information content (AvgIpc) is 2.47. The number of ether oxygens (including phenoxy) is 2. The number of halogens is 1. The number of carbonyl (C=O) groups is 2. The van der Waals surface area contributed by atoms with Gasteiger partial charge in [-0.25, -0.2) is 14.0 Å². The Kier molecular flexibility index (Phi) is 6.66. The second kappa shape index (κ2) is 8.47. The number of nitrogens with zero attached hydrogens (tertiary/aromatic N) is 1. The fourth-order valence-electron chi connectivity index (χ4n) is 1.62. The molecule has 1 aromatic carbocycles. The van der Waals surface area contributed by atoms with E-state index in [1.54, 1.807) is 6.92 Å². The van der Waals surface area contributed by atoms with Crippen molar-refractivity contribution >= 4 is 17.8 Å². The van der Waals surface area contributed by atoms with E-state index in [0.29, 0.717) is 0 Å². The average molecular weight is 326 g/mol. The van der Waals surface area contributed by atoms with E-state index in [0.717, 1.165) is 12.1 Å². The summed E-state index contributed by atoms with van der Waals surface area (Å²) in [6, 6.07) is 4.43. The van der Waals surface area contributed by atoms with Gasteiger partial charge in [0.15, 0.2) is 0 Å². The summed E-state index contributed by atoms with van der Waals surface area (Å²) < 4.78 is 22.3. The van der Waals surface area contributed by atoms with Crippen LogP contribution in [0.4, 0.5) is 9.18 Å². The Labute approximate surface area is 131 Å². The van der Waals surface area contributed by atoms with E-state index in [4.69, 9.17) is 0 Å². The minimum absolute atomic E-state index is 0.0235. The molecular weight excluding hydrogens is 311 g/mol. The standard InChI is InChI=1S/C14H15FN2O6/c1-3-22-13(18)12(17(20)21)11(16-14(19)23-4-2)9-5-7-10(15)8-6-9/h5-8H,3-4H2,1-2H3,(H,16,19)/b12-11-. The van der Waals surface area contributed by atoms with Crippen LogP contribution in [-0.2, 0) is 14.3 Å². The number of amides is 1. The molecule has 1 rings (SSSR count). The maximum absolute atomic E-state index is 13.0. The summed E-state index contributed by atoms with van der Waals surface area (Å²) in [6.07, 6.45) is -0.990. The van der Waals surface area contributed by atoms with E-state index in [1.807, 2.05) is 0 Å². The summed E-state index contributed by atoms with van der Waals surface area (Å²) in [5.74, 6) is -1.81. The molecule has 0 bridgehead atoms. The van der Waals surface area contributed by atoms with Crippen LogP contribution in [0.3, 0.4) is 0 Å². The molecular formula is C14H15FN2O6. The fourth-order valence-corrected chi connectivity index (χ4v) is 1.62. The van der Waals surface area contributed by atoms with Gasteiger partial charge >= 0.3 is 17.8 Å². The first-order chi connectivity index (χ1) is 10.9. The summed E-state index contributed by atoms with van der Waals surface area (Å²) in [7, 11) is 0. The summed E-state index contributed by atoms with van der Waals surface area (Å²) >= 11 is 0. The predicted octanol–water partition coefficient (Wildman–Crippen LogP) is 2.08. The van der Waals surface area contributed by atoms with Crippen LogP contribution in [0, 0.1) is 15.9 Å². The van der Waals surface area contributed by atoms with Gasteiger partial charge in [-0.3, -0.25) is 15.4 Å². The lowest BCUT2D eigenvalue weighted by molar-refractivity contribution is -0.420. The van der Waals surface area contributed by atoms with Crippen molar-refractivity contribution in [3.63, 3.8) is 0 Å². The third kappa shape index (κ3) is 5.06. The molecule has 0 aliphatic rings. The van der Waals surface area contributed by atoms with Gasteiger partial charge in [-0.1, -0.05) is 0 Å². The van der Waals surface area contributed by atoms with Crippen LogP contribution >= 0.6 is 0 Å². The van der Waals surface area contributed by atoms with Crippen molar-refractivity contribution < 1.29 is 28.4 Å². The highest BCUT2D eigenvalue weighted by molar-refractivity contribution is 5.97. The smallest absolute Gasteiger partial charge is 0.412 e. The van der Waals surface area contributed by atoms with E-state index in [1.165, 1.54) is 19.1 Å². The van der Waals surface area contributed by atoms with Crippen molar-refractivity contribution in [1.29, 1.82) is 0 Å². The molecule has 1 amide bonds. The molecule has 8 nitrogen and oxygen atoms in total. The molecule has 0 saturated heterocycles. The van der Waals surface area contributed by atoms with Crippen molar-refractivity contribution in [1.82, 2.24) is 5.32 Å². The van der Waals surface area contributed by atoms with Crippen molar-refractivity contribution in [3.8, 4) is 0 Å². The van der Waals surface area contributed by atoms with E-state index in [2.05, 4.69) is 14.8 Å². The van der Waals surface area contributed by atoms with E-state index >= 15 is 0 Å². The number of alkyl carbamates (subject to hydrolysis) is 1. The van der Waals surface area contributed by atoms with Gasteiger partial charge in [0.2, 0.25) is 0 Å². The second-order valence-corrected chi connectivity index (χ2v) is 4.05. The molecule has 1 N–H and O–H groups in total. The van der Waals surface area contributed by atoms with Crippen molar-refractivity contribution in [2.45, 2.75) is 13.8 Å². The van der Waals surface area contributed by atoms with Gasteiger partial charge in [0.25, 0.3) is 0 Å². The summed E-state index contributed by atoms with van der Waals surface area (Å²) in [6.45, 7) is 2.95. The zero-order valence-electron chi connectivity index (χ0n) is 12.5. The number of nitro groups is 1. The first-order valence-corrected chi connectivity index (χ1v) is 6.66. The van der Waals surface area contributed by atoms with Gasteiger partial charge < -0.3 is 9.47 Å². The molecule has 0 radical (unpaired) electrons. The third-order valence-electron chi connectivity index (χ3n) is 2.52. The third-order valence-corrected chi connectivity index (χ3v) is 2.52. The molecule has 0 unspecified atom stereocenters. The van der Waals surface area contributed by atoms with Crippen LogP contribution in [0.15, 0.2) is 30.0 Å². The van der Waals surface area contributed by atoms with Gasteiger partial charge in [-0.2, -0.15) is 0 Å². The number of carbonyl (C=O) groups excluding carboxylic acids is 2. The Hall–Kier alpha value is -2.97. The Balaban J connectivity index is 3.41. The molecule has 0 atom stereocenters. The molecule has 0 aliphatic carbocycles. The summed E-state index contributed by atoms with van der Waals surface area (Å²) in [5.41, 5.74) is -1.36. The number of benzene rings is 1. The zero-order chi connectivity index (χ0) is 17.4. The largest absolute Gasteiger partial charge is 0.458 e. The van der Waals surface area contributed by atoms with Crippen molar-refractivity contribution in [3.05, 3.63) is 51.5 Å². The quantitative estimate of drug-likeness (QED) is 0.371. The first kappa shape index (κ1) is 18.1. The number of nitrogens with one attached hydrogen (secondary N) is 1. The second-order valence-electron chi connectivity index (χ2n) is 4.05. The molecule has 0 fully saturated rings. The molecule has 0 heterocycles. The monoisotopic (exact) mass is 326 g/mol. The summed E-state index contributed by atoms with van der Waals surface area (Å²) in [4.78, 5) is 33.6. The van der Waals surface area contributed by atoms with Crippen LogP contribution in [-0.4, -0.2) is 30.2 Å². The highest BCUT2D eigenvalue weighted by Gasteiger charge is 2.31. The molecule has 9 heteroatoms. The van der Waals surface area contributed by atoms with Gasteiger partial charge in [-0.05, 0) is 38.1 Å². The molecule has 1 aromatic rings. The van der Waals surface area contributed by atoms with Gasteiger partial charge in [0.05, 0.1) is 18.1 Å². The van der Waals surface area contributed by atoms with E-state index in [-0.39, 0.29) is 18.8 Å². The minimum Gasteiger partial charge on any atom is -0.458 e. The van der Waals surface area contributed by atoms with E-state index < -0.39 is 34.2 Å². The molecule has 124 valence electrons. The highest BCUT2D eigenvalue weighted by atomic mass is 19.1. The number of rotatable bonds is 6. The van der Waals surface area contributed by atoms with Crippen LogP contribution in [0.25, 0.3) is 5.70 Å². The maximum Gasteiger partial charge on any atom is 0.412 e. The number of hydrogen-bond donors (Lipinski definition) is 1. The van der Waals surface area contributed by atoms with Crippen LogP contribution in [0.2, 0.25) is 0 Å². The molecule has 23 heavy (non-hydrogen) atoms. The molecule has 0 aliphatic heterocycles. The van der Waals surface area contributed by atoms with Crippen molar-refractivity contribution in [2.75, 3.05) is 13.2 Å². The van der Waals surface area contributed by atoms with Crippen molar-refractivity contribution in [2.24, 2.45) is 0 Å². The maximum atomic E-state index is 13.0. The summed E-state index contributed by atoms with van der Waals surface area (Å²) in [5, 5.41) is 13.3. The topological polar surface area (TPSA) is 108 Å². The predicted molar refractivity (Wildman–Crippen MR) is 77.1 cm³/mol. The van der Waals surface area contributed by atoms with Gasteiger partial charge in [0.1, 0.15) is 11.5 Å². The van der Waals surface area contributed by atoms with Crippen LogP contribution < -0.4 is 5.32 Å². The zero-order valence-corrected chi connectivity index (χ0v) is 12.5. The van der Waals surface area contributed by atoms with Crippen LogP contribution in [0.5, 0.6) is 0 Å². The molecule has 0 aromatic heterocycles. The van der Waals surface area contributed by atoms with Gasteiger partial charge in [-0.15, -0.1) is 0 Å². The van der Waals surface area contributed by atoms with Crippen LogP contribution in [0.1, 0.15) is 19.4 Å². The normalized spacial score (nSPS) is 11.3. The Morgan fingerprint density at radius 2 is 1.74 bits per heavy atom. The first-order valence-electron chi connectivity index (χ1n) is 6.66. The lowest BCUT2D eigenvalue weighted by atomic mass is 10.1. The lowest BCUT2D eigenvalue weighted by Crippen LogP contribution is -2.28. The molecule has 0 spiro atoms. The highest BCUT2D eigenvalue weighted by Crippen LogP contribution is 2.19. The number of hydrogen-bond acceptors (Lipinski definition) is 6. The van der Waals surface area contributed by atoms with Gasteiger partial charge in [0, 0.05) is 5.56 Å². The molecule has 0 saturated carbocycles.